The zero-order chi connectivity index (χ0) is 16.0. The van der Waals surface area contributed by atoms with Crippen molar-refractivity contribution < 1.29 is 14.3 Å². The minimum absolute atomic E-state index is 0.107. The Kier molecular flexibility index (Phi) is 3.43. The average molecular weight is 314 g/mol. The van der Waals surface area contributed by atoms with E-state index in [1.807, 2.05) is 11.0 Å². The fourth-order valence-corrected chi connectivity index (χ4v) is 4.05. The van der Waals surface area contributed by atoms with Gasteiger partial charge in [0.1, 0.15) is 0 Å². The normalized spacial score (nSPS) is 22.8. The number of fused-ring (bicyclic) bond motifs is 3. The molecule has 0 aromatic heterocycles. The molecule has 0 unspecified atom stereocenters. The number of hydrogen-bond acceptors (Lipinski definition) is 4. The molecule has 0 bridgehead atoms. The Balaban J connectivity index is 1.78. The van der Waals surface area contributed by atoms with Gasteiger partial charge in [-0.2, -0.15) is 0 Å². The number of carbonyl (C=O) groups excluding carboxylic acids is 1. The lowest BCUT2D eigenvalue weighted by molar-refractivity contribution is -0.131. The molecule has 5 nitrogen and oxygen atoms in total. The topological polar surface area (TPSA) is 50.8 Å². The molecule has 1 atom stereocenters. The highest BCUT2D eigenvalue weighted by Crippen LogP contribution is 2.43. The summed E-state index contributed by atoms with van der Waals surface area (Å²) >= 11 is 0. The standard InChI is InChI=1S/C18H22N2O3/c1-22-16-8-11-5-7-20-15(13(11)9-17(16)23-2)10-14-12(18(20)21)4-3-6-19-14/h8-9,15,19H,3-7,10H2,1-2H3/t15-/m0/s1. The van der Waals surface area contributed by atoms with E-state index in [9.17, 15) is 4.79 Å². The van der Waals surface area contributed by atoms with E-state index in [2.05, 4.69) is 11.4 Å². The Hall–Kier alpha value is -2.17. The molecular formula is C18H22N2O3. The molecule has 5 heteroatoms. The van der Waals surface area contributed by atoms with Crippen LogP contribution in [-0.4, -0.2) is 38.1 Å². The molecule has 0 fully saturated rings. The summed E-state index contributed by atoms with van der Waals surface area (Å²) in [5.74, 6) is 1.71. The second-order valence-electron chi connectivity index (χ2n) is 6.36. The molecule has 3 heterocycles. The first-order valence-corrected chi connectivity index (χ1v) is 8.24. The number of benzene rings is 1. The predicted octanol–water partition coefficient (Wildman–Crippen LogP) is 2.17. The molecule has 0 aliphatic carbocycles. The maximum atomic E-state index is 12.9. The number of carbonyl (C=O) groups is 1. The quantitative estimate of drug-likeness (QED) is 0.909. The van der Waals surface area contributed by atoms with E-state index in [1.165, 1.54) is 11.1 Å². The molecule has 122 valence electrons. The lowest BCUT2D eigenvalue weighted by Crippen LogP contribution is -2.46. The Morgan fingerprint density at radius 1 is 1.17 bits per heavy atom. The summed E-state index contributed by atoms with van der Waals surface area (Å²) in [6.07, 6.45) is 3.70. The third-order valence-corrected chi connectivity index (χ3v) is 5.23. The first-order chi connectivity index (χ1) is 11.2. The van der Waals surface area contributed by atoms with Crippen molar-refractivity contribution in [2.24, 2.45) is 0 Å². The van der Waals surface area contributed by atoms with E-state index in [-0.39, 0.29) is 11.9 Å². The van der Waals surface area contributed by atoms with Crippen molar-refractivity contribution in [3.05, 3.63) is 34.5 Å². The molecule has 0 saturated heterocycles. The molecule has 1 N–H and O–H groups in total. The van der Waals surface area contributed by atoms with E-state index < -0.39 is 0 Å². The van der Waals surface area contributed by atoms with Gasteiger partial charge < -0.3 is 19.7 Å². The van der Waals surface area contributed by atoms with Crippen molar-refractivity contribution in [2.75, 3.05) is 27.3 Å². The average Bonchev–Trinajstić information content (AvgIpc) is 2.60. The van der Waals surface area contributed by atoms with Crippen molar-refractivity contribution in [1.82, 2.24) is 10.2 Å². The number of ether oxygens (including phenoxy) is 2. The van der Waals surface area contributed by atoms with Crippen molar-refractivity contribution in [1.29, 1.82) is 0 Å². The van der Waals surface area contributed by atoms with Crippen molar-refractivity contribution in [3.63, 3.8) is 0 Å². The maximum absolute atomic E-state index is 12.9. The Bertz CT molecular complexity index is 696. The van der Waals surface area contributed by atoms with Crippen LogP contribution >= 0.6 is 0 Å². The van der Waals surface area contributed by atoms with Crippen LogP contribution in [0.4, 0.5) is 0 Å². The molecule has 1 amide bonds. The van der Waals surface area contributed by atoms with Crippen LogP contribution in [0.2, 0.25) is 0 Å². The molecular weight excluding hydrogens is 292 g/mol. The molecule has 0 saturated carbocycles. The number of hydrogen-bond donors (Lipinski definition) is 1. The number of amides is 1. The predicted molar refractivity (Wildman–Crippen MR) is 86.6 cm³/mol. The molecule has 0 radical (unpaired) electrons. The summed E-state index contributed by atoms with van der Waals surface area (Å²) in [6, 6.07) is 4.22. The van der Waals surface area contributed by atoms with Gasteiger partial charge in [0.05, 0.1) is 20.3 Å². The van der Waals surface area contributed by atoms with Gasteiger partial charge >= 0.3 is 0 Å². The Morgan fingerprint density at radius 2 is 1.96 bits per heavy atom. The van der Waals surface area contributed by atoms with Crippen LogP contribution in [0.15, 0.2) is 23.4 Å². The summed E-state index contributed by atoms with van der Waals surface area (Å²) in [4.78, 5) is 14.9. The third kappa shape index (κ3) is 2.18. The van der Waals surface area contributed by atoms with Crippen LogP contribution in [0.3, 0.4) is 0 Å². The first-order valence-electron chi connectivity index (χ1n) is 8.24. The van der Waals surface area contributed by atoms with E-state index in [4.69, 9.17) is 9.47 Å². The van der Waals surface area contributed by atoms with E-state index in [1.54, 1.807) is 14.2 Å². The highest BCUT2D eigenvalue weighted by atomic mass is 16.5. The largest absolute Gasteiger partial charge is 0.493 e. The highest BCUT2D eigenvalue weighted by molar-refractivity contribution is 5.96. The van der Waals surface area contributed by atoms with Gasteiger partial charge in [0.15, 0.2) is 11.5 Å². The van der Waals surface area contributed by atoms with Crippen LogP contribution in [-0.2, 0) is 11.2 Å². The van der Waals surface area contributed by atoms with Crippen LogP contribution in [0, 0.1) is 0 Å². The smallest absolute Gasteiger partial charge is 0.252 e. The minimum Gasteiger partial charge on any atom is -0.493 e. The first kappa shape index (κ1) is 14.4. The van der Waals surface area contributed by atoms with Gasteiger partial charge in [-0.25, -0.2) is 0 Å². The second kappa shape index (κ2) is 5.48. The van der Waals surface area contributed by atoms with E-state index >= 15 is 0 Å². The SMILES string of the molecule is COc1cc2c(cc1OC)[C@@H]1CC3=C(CCCN3)C(=O)N1CC2. The van der Waals surface area contributed by atoms with Crippen molar-refractivity contribution >= 4 is 5.91 Å². The summed E-state index contributed by atoms with van der Waals surface area (Å²) in [6.45, 7) is 1.75. The fourth-order valence-electron chi connectivity index (χ4n) is 4.05. The molecule has 1 aromatic carbocycles. The summed E-state index contributed by atoms with van der Waals surface area (Å²) in [5, 5.41) is 3.44. The number of nitrogens with one attached hydrogen (secondary N) is 1. The third-order valence-electron chi connectivity index (χ3n) is 5.23. The van der Waals surface area contributed by atoms with Gasteiger partial charge in [-0.1, -0.05) is 0 Å². The van der Waals surface area contributed by atoms with Gasteiger partial charge in [-0.05, 0) is 42.5 Å². The maximum Gasteiger partial charge on any atom is 0.252 e. The monoisotopic (exact) mass is 314 g/mol. The summed E-state index contributed by atoms with van der Waals surface area (Å²) < 4.78 is 10.9. The zero-order valence-electron chi connectivity index (χ0n) is 13.6. The molecule has 1 aromatic rings. The van der Waals surface area contributed by atoms with E-state index in [0.717, 1.165) is 61.5 Å². The van der Waals surface area contributed by atoms with Gasteiger partial charge in [0, 0.05) is 30.8 Å². The van der Waals surface area contributed by atoms with Gasteiger partial charge in [0.25, 0.3) is 5.91 Å². The minimum atomic E-state index is 0.107. The molecule has 3 aliphatic heterocycles. The van der Waals surface area contributed by atoms with Gasteiger partial charge in [0.2, 0.25) is 0 Å². The molecule has 4 rings (SSSR count). The molecule has 23 heavy (non-hydrogen) atoms. The molecule has 0 spiro atoms. The number of nitrogens with zero attached hydrogens (tertiary/aromatic N) is 1. The van der Waals surface area contributed by atoms with Crippen molar-refractivity contribution in [3.8, 4) is 11.5 Å². The van der Waals surface area contributed by atoms with Gasteiger partial charge in [-0.15, -0.1) is 0 Å². The Morgan fingerprint density at radius 3 is 2.74 bits per heavy atom. The lowest BCUT2D eigenvalue weighted by Gasteiger charge is -2.43. The number of rotatable bonds is 2. The van der Waals surface area contributed by atoms with Crippen LogP contribution < -0.4 is 14.8 Å². The van der Waals surface area contributed by atoms with Crippen LogP contribution in [0.5, 0.6) is 11.5 Å². The second-order valence-corrected chi connectivity index (χ2v) is 6.36. The summed E-state index contributed by atoms with van der Waals surface area (Å²) in [5.41, 5.74) is 4.60. The highest BCUT2D eigenvalue weighted by Gasteiger charge is 2.39. The van der Waals surface area contributed by atoms with Gasteiger partial charge in [-0.3, -0.25) is 4.79 Å². The zero-order valence-corrected chi connectivity index (χ0v) is 13.6. The van der Waals surface area contributed by atoms with E-state index in [0.29, 0.717) is 0 Å². The van der Waals surface area contributed by atoms with Crippen molar-refractivity contribution in [2.45, 2.75) is 31.7 Å². The van der Waals surface area contributed by atoms with Crippen LogP contribution in [0.25, 0.3) is 0 Å². The Labute approximate surface area is 136 Å². The fraction of sp³-hybridized carbons (Fsp3) is 0.500. The summed E-state index contributed by atoms with van der Waals surface area (Å²) in [7, 11) is 3.31. The lowest BCUT2D eigenvalue weighted by atomic mass is 9.83. The number of methoxy groups -OCH3 is 2. The molecule has 3 aliphatic rings. The van der Waals surface area contributed by atoms with Crippen LogP contribution in [0.1, 0.15) is 36.4 Å².